The topological polar surface area (TPSA) is 110 Å². The molecule has 0 spiro atoms. The van der Waals surface area contributed by atoms with Gasteiger partial charge in [0.05, 0.1) is 18.8 Å². The van der Waals surface area contributed by atoms with Crippen molar-refractivity contribution in [3.63, 3.8) is 0 Å². The van der Waals surface area contributed by atoms with Crippen LogP contribution in [0, 0.1) is 0 Å². The van der Waals surface area contributed by atoms with Gasteiger partial charge >= 0.3 is 0 Å². The molecule has 0 aliphatic heterocycles. The third-order valence-electron chi connectivity index (χ3n) is 10.4. The van der Waals surface area contributed by atoms with Crippen LogP contribution in [0.25, 0.3) is 0 Å². The van der Waals surface area contributed by atoms with Crippen molar-refractivity contribution in [3.05, 3.63) is 24.3 Å². The maximum atomic E-state index is 12.4. The van der Waals surface area contributed by atoms with Crippen LogP contribution < -0.4 is 5.32 Å². The molecule has 4 unspecified atom stereocenters. The smallest absolute Gasteiger partial charge is 0.249 e. The number of unbranched alkanes of at least 4 members (excludes halogenated alkanes) is 27. The molecule has 0 aromatic heterocycles. The van der Waals surface area contributed by atoms with Gasteiger partial charge in [-0.2, -0.15) is 0 Å². The molecule has 0 saturated carbocycles. The number of hydrogen-bond acceptors (Lipinski definition) is 5. The standard InChI is InChI=1S/C45H87NO5/c1-3-5-7-9-11-13-14-15-16-17-18-19-20-21-22-23-24-25-26-27-28-29-30-31-33-34-36-38-42(48)44(50)41(40-47)46-45(51)43(49)39-37-35-32-12-10-8-6-4-2/h31-33,35,41-44,47-50H,3-30,34,36-40H2,1-2H3,(H,46,51)/b33-31+,35-32-. The molecule has 0 bridgehead atoms. The second-order valence-electron chi connectivity index (χ2n) is 15.4. The summed E-state index contributed by atoms with van der Waals surface area (Å²) in [6, 6.07) is -1.01. The van der Waals surface area contributed by atoms with E-state index in [9.17, 15) is 25.2 Å². The fraction of sp³-hybridized carbons (Fsp3) is 0.889. The number of rotatable bonds is 40. The minimum Gasteiger partial charge on any atom is -0.394 e. The normalized spacial score (nSPS) is 14.4. The third-order valence-corrected chi connectivity index (χ3v) is 10.4. The molecule has 0 heterocycles. The summed E-state index contributed by atoms with van der Waals surface area (Å²) in [5, 5.41) is 43.3. The number of carbonyl (C=O) groups excluding carboxylic acids is 1. The molecule has 0 rings (SSSR count). The molecule has 0 radical (unpaired) electrons. The minimum absolute atomic E-state index is 0.278. The molecule has 4 atom stereocenters. The van der Waals surface area contributed by atoms with E-state index < -0.39 is 36.9 Å². The van der Waals surface area contributed by atoms with Gasteiger partial charge in [-0.3, -0.25) is 4.79 Å². The summed E-state index contributed by atoms with van der Waals surface area (Å²) in [5.41, 5.74) is 0. The van der Waals surface area contributed by atoms with Crippen LogP contribution in [0.1, 0.15) is 226 Å². The van der Waals surface area contributed by atoms with E-state index in [4.69, 9.17) is 0 Å². The summed E-state index contributed by atoms with van der Waals surface area (Å²) in [4.78, 5) is 12.4. The van der Waals surface area contributed by atoms with Gasteiger partial charge in [0.1, 0.15) is 12.2 Å². The summed E-state index contributed by atoms with van der Waals surface area (Å²) in [6.45, 7) is 3.97. The Morgan fingerprint density at radius 3 is 1.20 bits per heavy atom. The molecule has 6 nitrogen and oxygen atoms in total. The largest absolute Gasteiger partial charge is 0.394 e. The molecule has 0 aromatic carbocycles. The van der Waals surface area contributed by atoms with E-state index in [2.05, 4.69) is 37.4 Å². The monoisotopic (exact) mass is 722 g/mol. The summed E-state index contributed by atoms with van der Waals surface area (Å²) >= 11 is 0. The highest BCUT2D eigenvalue weighted by Crippen LogP contribution is 2.16. The van der Waals surface area contributed by atoms with Crippen LogP contribution in [0.5, 0.6) is 0 Å². The van der Waals surface area contributed by atoms with Crippen LogP contribution in [-0.4, -0.2) is 57.3 Å². The highest BCUT2D eigenvalue weighted by Gasteiger charge is 2.28. The fourth-order valence-electron chi connectivity index (χ4n) is 6.82. The molecule has 0 saturated heterocycles. The van der Waals surface area contributed by atoms with Crippen molar-refractivity contribution in [2.75, 3.05) is 6.61 Å². The number of carbonyl (C=O) groups is 1. The van der Waals surface area contributed by atoms with E-state index >= 15 is 0 Å². The average Bonchev–Trinajstić information content (AvgIpc) is 3.13. The highest BCUT2D eigenvalue weighted by atomic mass is 16.3. The molecule has 0 aliphatic rings. The number of aliphatic hydroxyl groups is 4. The Labute approximate surface area is 316 Å². The Bertz CT molecular complexity index is 772. The molecular formula is C45H87NO5. The fourth-order valence-corrected chi connectivity index (χ4v) is 6.82. The van der Waals surface area contributed by atoms with E-state index in [1.165, 1.54) is 161 Å². The van der Waals surface area contributed by atoms with E-state index in [1.54, 1.807) is 0 Å². The van der Waals surface area contributed by atoms with Crippen molar-refractivity contribution in [2.45, 2.75) is 250 Å². The van der Waals surface area contributed by atoms with Crippen molar-refractivity contribution in [1.29, 1.82) is 0 Å². The van der Waals surface area contributed by atoms with Gasteiger partial charge < -0.3 is 25.7 Å². The van der Waals surface area contributed by atoms with E-state index in [1.807, 2.05) is 6.08 Å². The zero-order valence-electron chi connectivity index (χ0n) is 33.9. The first-order valence-electron chi connectivity index (χ1n) is 22.2. The van der Waals surface area contributed by atoms with Crippen LogP contribution in [0.4, 0.5) is 0 Å². The Balaban J connectivity index is 3.64. The average molecular weight is 722 g/mol. The van der Waals surface area contributed by atoms with Crippen molar-refractivity contribution < 1.29 is 25.2 Å². The second-order valence-corrected chi connectivity index (χ2v) is 15.4. The number of aliphatic hydroxyl groups excluding tert-OH is 4. The Morgan fingerprint density at radius 2 is 0.804 bits per heavy atom. The van der Waals surface area contributed by atoms with E-state index in [0.717, 1.165) is 25.7 Å². The second kappa shape index (κ2) is 40.0. The van der Waals surface area contributed by atoms with E-state index in [0.29, 0.717) is 19.3 Å². The lowest BCUT2D eigenvalue weighted by Crippen LogP contribution is -2.53. The van der Waals surface area contributed by atoms with Gasteiger partial charge in [0.2, 0.25) is 5.91 Å². The lowest BCUT2D eigenvalue weighted by molar-refractivity contribution is -0.132. The lowest BCUT2D eigenvalue weighted by Gasteiger charge is -2.27. The summed E-state index contributed by atoms with van der Waals surface area (Å²) < 4.78 is 0. The van der Waals surface area contributed by atoms with Gasteiger partial charge in [0, 0.05) is 0 Å². The predicted octanol–water partition coefficient (Wildman–Crippen LogP) is 11.6. The summed E-state index contributed by atoms with van der Waals surface area (Å²) in [6.07, 6.45) is 45.5. The number of allylic oxidation sites excluding steroid dienone is 4. The molecule has 0 fully saturated rings. The zero-order chi connectivity index (χ0) is 37.5. The first-order valence-corrected chi connectivity index (χ1v) is 22.2. The van der Waals surface area contributed by atoms with Gasteiger partial charge in [0.15, 0.2) is 0 Å². The predicted molar refractivity (Wildman–Crippen MR) is 219 cm³/mol. The van der Waals surface area contributed by atoms with Gasteiger partial charge in [-0.15, -0.1) is 0 Å². The Morgan fingerprint density at radius 1 is 0.471 bits per heavy atom. The quantitative estimate of drug-likeness (QED) is 0.0320. The first-order chi connectivity index (χ1) is 25.0. The third kappa shape index (κ3) is 34.3. The Hall–Kier alpha value is -1.21. The van der Waals surface area contributed by atoms with Gasteiger partial charge in [0.25, 0.3) is 0 Å². The zero-order valence-corrected chi connectivity index (χ0v) is 33.9. The number of amides is 1. The van der Waals surface area contributed by atoms with Crippen molar-refractivity contribution in [3.8, 4) is 0 Å². The van der Waals surface area contributed by atoms with Crippen LogP contribution in [0.15, 0.2) is 24.3 Å². The maximum Gasteiger partial charge on any atom is 0.249 e. The van der Waals surface area contributed by atoms with Crippen molar-refractivity contribution in [2.24, 2.45) is 0 Å². The molecule has 5 N–H and O–H groups in total. The summed E-state index contributed by atoms with van der Waals surface area (Å²) in [5.74, 6) is -0.630. The Kier molecular flexibility index (Phi) is 39.0. The SMILES string of the molecule is CCCCCC/C=C\CCC(O)C(=O)NC(CO)C(O)C(O)CCC/C=C/CCCCCCCCCCCCCCCCCCCCCCCC. The van der Waals surface area contributed by atoms with Gasteiger partial charge in [-0.05, 0) is 57.8 Å². The molecule has 302 valence electrons. The van der Waals surface area contributed by atoms with Gasteiger partial charge in [-0.1, -0.05) is 192 Å². The van der Waals surface area contributed by atoms with Crippen molar-refractivity contribution >= 4 is 5.91 Å². The van der Waals surface area contributed by atoms with Crippen LogP contribution in [0.3, 0.4) is 0 Å². The molecule has 0 aromatic rings. The van der Waals surface area contributed by atoms with E-state index in [-0.39, 0.29) is 6.42 Å². The number of hydrogen-bond donors (Lipinski definition) is 5. The molecule has 0 aliphatic carbocycles. The highest BCUT2D eigenvalue weighted by molar-refractivity contribution is 5.80. The van der Waals surface area contributed by atoms with Gasteiger partial charge in [-0.25, -0.2) is 0 Å². The molecule has 6 heteroatoms. The maximum absolute atomic E-state index is 12.4. The first kappa shape index (κ1) is 49.8. The van der Waals surface area contributed by atoms with Crippen LogP contribution in [0.2, 0.25) is 0 Å². The van der Waals surface area contributed by atoms with Crippen LogP contribution >= 0.6 is 0 Å². The molecular weight excluding hydrogens is 634 g/mol. The molecule has 1 amide bonds. The number of nitrogens with one attached hydrogen (secondary N) is 1. The van der Waals surface area contributed by atoms with Crippen LogP contribution in [-0.2, 0) is 4.79 Å². The summed E-state index contributed by atoms with van der Waals surface area (Å²) in [7, 11) is 0. The lowest BCUT2D eigenvalue weighted by atomic mass is 10.00. The van der Waals surface area contributed by atoms with Crippen molar-refractivity contribution in [1.82, 2.24) is 5.32 Å². The minimum atomic E-state index is -1.29. The molecule has 51 heavy (non-hydrogen) atoms.